The van der Waals surface area contributed by atoms with E-state index in [0.29, 0.717) is 32.1 Å². The molecule has 0 aromatic heterocycles. The minimum absolute atomic E-state index is 0.0206. The lowest BCUT2D eigenvalue weighted by atomic mass is 9.38. The number of aliphatic hydroxyl groups excluding tert-OH is 17. The minimum atomic E-state index is -1.93. The summed E-state index contributed by atoms with van der Waals surface area (Å²) >= 11 is 0. The number of allylic oxidation sites excluding steroid dienone is 1. The van der Waals surface area contributed by atoms with E-state index in [9.17, 15) is 91.9 Å². The molecule has 28 heteroatoms. The third kappa shape index (κ3) is 13.9. The average molecular weight is 1270 g/mol. The maximum atomic E-state index is 12.9. The molecule has 0 aromatic rings. The quantitative estimate of drug-likeness (QED) is 0.0322. The van der Waals surface area contributed by atoms with Gasteiger partial charge in [-0.2, -0.15) is 0 Å². The number of rotatable bonds is 24. The lowest BCUT2D eigenvalue weighted by Gasteiger charge is -2.67. The molecule has 4 aliphatic heterocycles. The van der Waals surface area contributed by atoms with Gasteiger partial charge < -0.3 is 139 Å². The van der Waals surface area contributed by atoms with Crippen LogP contribution in [-0.2, 0) is 47.4 Å². The molecule has 8 rings (SSSR count). The van der Waals surface area contributed by atoms with Crippen LogP contribution in [0.25, 0.3) is 0 Å². The predicted octanol–water partition coefficient (Wildman–Crippen LogP) is -4.13. The highest BCUT2D eigenvalue weighted by molar-refractivity contribution is 5.32. The summed E-state index contributed by atoms with van der Waals surface area (Å²) in [6.45, 7) is 14.2. The molecular weight excluding hydrogens is 1170 g/mol. The van der Waals surface area contributed by atoms with Crippen molar-refractivity contribution in [2.75, 3.05) is 39.6 Å². The van der Waals surface area contributed by atoms with Gasteiger partial charge >= 0.3 is 0 Å². The van der Waals surface area contributed by atoms with E-state index in [-0.39, 0.29) is 47.5 Å². The second-order valence-electron chi connectivity index (χ2n) is 28.3. The van der Waals surface area contributed by atoms with Crippen molar-refractivity contribution >= 4 is 0 Å². The minimum Gasteiger partial charge on any atom is -0.394 e. The maximum Gasteiger partial charge on any atom is 0.187 e. The summed E-state index contributed by atoms with van der Waals surface area (Å²) in [4.78, 5) is 0. The molecule has 9 unspecified atom stereocenters. The SMILES string of the molecule is CC(CO[C@@H]1OC(CO)[C@@H](O)[C@H](O)C1O)O[C@@H](O[C@H]1CC[C@@H]2C(=CC[C@@H]3[C@@]2(C)[C@H](O)C[C@]2(C)[C@@H]([C@H](C)CC[C@@H](O[C@@H]4OC(CO[C@@H]5OC[C@@H](O)[C@H](O)C5O)[C@@H](O)[C@H](O)C4O[C@@H]4OC(CO)[C@@H](O)[C@H](O)C4O)C(C)(C)O)CC[C@@]32C)C1(C)C)C(O)[C@@H](O)CO. The summed E-state index contributed by atoms with van der Waals surface area (Å²) in [5, 5.41) is 193. The van der Waals surface area contributed by atoms with Crippen molar-refractivity contribution in [3.63, 3.8) is 0 Å². The van der Waals surface area contributed by atoms with Crippen LogP contribution >= 0.6 is 0 Å². The molecular formula is C60H104O28. The van der Waals surface area contributed by atoms with Crippen LogP contribution in [0.1, 0.15) is 114 Å². The summed E-state index contributed by atoms with van der Waals surface area (Å²) in [6.07, 6.45) is -32.5. The van der Waals surface area contributed by atoms with Gasteiger partial charge in [0.25, 0.3) is 0 Å². The fraction of sp³-hybridized carbons (Fsp3) is 0.967. The van der Waals surface area contributed by atoms with Crippen molar-refractivity contribution in [1.29, 1.82) is 0 Å². The van der Waals surface area contributed by atoms with Crippen LogP contribution in [0.2, 0.25) is 0 Å². The lowest BCUT2D eigenvalue weighted by molar-refractivity contribution is -0.379. The van der Waals surface area contributed by atoms with Gasteiger partial charge in [-0.3, -0.25) is 0 Å². The highest BCUT2D eigenvalue weighted by Crippen LogP contribution is 2.75. The fourth-order valence-corrected chi connectivity index (χ4v) is 16.3. The summed E-state index contributed by atoms with van der Waals surface area (Å²) in [5.74, 6) is 0.0198. The molecule has 0 amide bonds. The molecule has 33 atom stereocenters. The fourth-order valence-electron chi connectivity index (χ4n) is 16.3. The van der Waals surface area contributed by atoms with Crippen molar-refractivity contribution in [2.45, 2.75) is 279 Å². The van der Waals surface area contributed by atoms with Gasteiger partial charge in [-0.15, -0.1) is 0 Å². The van der Waals surface area contributed by atoms with Crippen LogP contribution in [0.15, 0.2) is 11.6 Å². The van der Waals surface area contributed by atoms with Gasteiger partial charge in [-0.1, -0.05) is 53.2 Å². The number of aliphatic hydroxyl groups is 18. The van der Waals surface area contributed by atoms with Gasteiger partial charge in [-0.05, 0) is 107 Å². The van der Waals surface area contributed by atoms with Crippen LogP contribution in [0, 0.1) is 45.3 Å². The monoisotopic (exact) mass is 1270 g/mol. The smallest absolute Gasteiger partial charge is 0.187 e. The van der Waals surface area contributed by atoms with Crippen molar-refractivity contribution in [2.24, 2.45) is 45.3 Å². The highest BCUT2D eigenvalue weighted by atomic mass is 16.8. The van der Waals surface area contributed by atoms with Gasteiger partial charge in [0.15, 0.2) is 31.5 Å². The van der Waals surface area contributed by atoms with Crippen LogP contribution in [-0.4, -0.2) is 297 Å². The second-order valence-corrected chi connectivity index (χ2v) is 28.3. The largest absolute Gasteiger partial charge is 0.394 e. The van der Waals surface area contributed by atoms with Crippen LogP contribution in [0.3, 0.4) is 0 Å². The zero-order chi connectivity index (χ0) is 65.1. The van der Waals surface area contributed by atoms with Gasteiger partial charge in [-0.25, -0.2) is 0 Å². The Morgan fingerprint density at radius 2 is 1.24 bits per heavy atom. The Hall–Kier alpha value is -1.38. The molecule has 0 spiro atoms. The number of fused-ring (bicyclic) bond motifs is 5. The van der Waals surface area contributed by atoms with Crippen molar-refractivity contribution in [3.8, 4) is 0 Å². The molecule has 0 bridgehead atoms. The number of ether oxygens (including phenoxy) is 10. The van der Waals surface area contributed by atoms with Crippen molar-refractivity contribution in [1.82, 2.24) is 0 Å². The summed E-state index contributed by atoms with van der Waals surface area (Å²) in [5.41, 5.74) is -2.45. The lowest BCUT2D eigenvalue weighted by Crippen LogP contribution is -2.65. The Balaban J connectivity index is 0.962. The Morgan fingerprint density at radius 1 is 0.648 bits per heavy atom. The first-order chi connectivity index (χ1) is 41.1. The van der Waals surface area contributed by atoms with E-state index >= 15 is 0 Å². The molecule has 7 fully saturated rings. The predicted molar refractivity (Wildman–Crippen MR) is 301 cm³/mol. The van der Waals surface area contributed by atoms with Gasteiger partial charge in [0, 0.05) is 10.8 Å². The van der Waals surface area contributed by atoms with Crippen molar-refractivity contribution in [3.05, 3.63) is 11.6 Å². The first kappa shape index (κ1) is 72.4. The summed E-state index contributed by atoms with van der Waals surface area (Å²) in [7, 11) is 0. The first-order valence-corrected chi connectivity index (χ1v) is 31.3. The standard InChI is InChI=1S/C60H104O28/c1-25(10-14-38(57(5,6)78)87-55-50(88-54-49(77)45(73)42(70)33(21-63)84-54)46(74)43(71)34(85-55)24-81-51-47(75)39(67)31(65)23-80-51)27-16-17-58(7)35-13-11-28-29(60(35,9)36(66)18-59(27,58)8)12-15-37(56(28,3)4)86-53(40(68)30(64)19-61)82-26(2)22-79-52-48(76)44(72)41(69)32(20-62)83-52/h11,25-27,29-55,61-78H,10,12-24H2,1-9H3/t25-,26?,27-,29-,30+,31-,32?,33?,34?,35+,36-,37+,38-,39+,40?,41-,42-,43-,44+,45+,46+,47?,48?,49?,50?,51+,52-,53+,54+,55+,58+,59-,60+/m1/s1. The Labute approximate surface area is 513 Å². The van der Waals surface area contributed by atoms with Gasteiger partial charge in [0.05, 0.1) is 69.7 Å². The van der Waals surface area contributed by atoms with Crippen molar-refractivity contribution < 1.29 is 139 Å². The Kier molecular flexibility index (Phi) is 23.5. The number of hydrogen-bond donors (Lipinski definition) is 18. The molecule has 4 saturated heterocycles. The third-order valence-corrected chi connectivity index (χ3v) is 22.1. The average Bonchev–Trinajstić information content (AvgIpc) is 1.29. The van der Waals surface area contributed by atoms with Crippen LogP contribution in [0.5, 0.6) is 0 Å². The molecule has 88 heavy (non-hydrogen) atoms. The number of hydrogen-bond acceptors (Lipinski definition) is 28. The van der Waals surface area contributed by atoms with Crippen LogP contribution in [0.4, 0.5) is 0 Å². The molecule has 18 N–H and O–H groups in total. The van der Waals surface area contributed by atoms with E-state index in [2.05, 4.69) is 33.8 Å². The second kappa shape index (κ2) is 28.5. The molecule has 512 valence electrons. The Morgan fingerprint density at radius 3 is 1.85 bits per heavy atom. The molecule has 28 nitrogen and oxygen atoms in total. The summed E-state index contributed by atoms with van der Waals surface area (Å²) in [6, 6.07) is 0. The van der Waals surface area contributed by atoms with Gasteiger partial charge in [0.1, 0.15) is 104 Å². The molecule has 0 aromatic carbocycles. The third-order valence-electron chi connectivity index (χ3n) is 22.1. The van der Waals surface area contributed by atoms with Crippen LogP contribution < -0.4 is 0 Å². The zero-order valence-electron chi connectivity index (χ0n) is 51.9. The first-order valence-electron chi connectivity index (χ1n) is 31.3. The van der Waals surface area contributed by atoms with E-state index in [1.54, 1.807) is 6.92 Å². The zero-order valence-corrected chi connectivity index (χ0v) is 51.9. The molecule has 4 aliphatic carbocycles. The van der Waals surface area contributed by atoms with E-state index < -0.39 is 209 Å². The molecule has 8 aliphatic rings. The van der Waals surface area contributed by atoms with E-state index in [1.807, 2.05) is 13.8 Å². The van der Waals surface area contributed by atoms with Gasteiger partial charge in [0.2, 0.25) is 0 Å². The maximum absolute atomic E-state index is 12.9. The summed E-state index contributed by atoms with van der Waals surface area (Å²) < 4.78 is 59.4. The van der Waals surface area contributed by atoms with E-state index in [4.69, 9.17) is 47.4 Å². The topological polar surface area (TPSA) is 456 Å². The highest BCUT2D eigenvalue weighted by Gasteiger charge is 2.70. The van der Waals surface area contributed by atoms with E-state index in [1.165, 1.54) is 13.8 Å². The molecule has 4 heterocycles. The molecule has 0 radical (unpaired) electrons. The normalized spacial score (nSPS) is 47.6. The Bertz CT molecular complexity index is 2260. The van der Waals surface area contributed by atoms with E-state index in [0.717, 1.165) is 18.4 Å². The molecule has 3 saturated carbocycles.